The molecule has 0 aliphatic carbocycles. The van der Waals surface area contributed by atoms with Crippen LogP contribution in [0.1, 0.15) is 30.3 Å². The molecule has 1 saturated heterocycles. The van der Waals surface area contributed by atoms with E-state index in [4.69, 9.17) is 0 Å². The van der Waals surface area contributed by atoms with Gasteiger partial charge in [-0.2, -0.15) is 5.26 Å². The lowest BCUT2D eigenvalue weighted by molar-refractivity contribution is -0.132. The number of rotatable bonds is 2. The van der Waals surface area contributed by atoms with E-state index in [1.807, 2.05) is 13.8 Å². The zero-order valence-electron chi connectivity index (χ0n) is 11.7. The first-order chi connectivity index (χ1) is 9.47. The molecular weight excluding hydrogens is 256 g/mol. The Balaban J connectivity index is 2.56. The van der Waals surface area contributed by atoms with Crippen LogP contribution in [-0.2, 0) is 9.59 Å². The minimum Gasteiger partial charge on any atom is -0.349 e. The maximum atomic E-state index is 11.9. The van der Waals surface area contributed by atoms with Crippen molar-refractivity contribution in [3.05, 3.63) is 23.0 Å². The van der Waals surface area contributed by atoms with E-state index in [2.05, 4.69) is 16.4 Å². The molecule has 104 valence electrons. The van der Waals surface area contributed by atoms with Crippen LogP contribution in [0.25, 0.3) is 0 Å². The quantitative estimate of drug-likeness (QED) is 0.805. The molecule has 20 heavy (non-hydrogen) atoms. The Bertz CT molecular complexity index is 618. The zero-order chi connectivity index (χ0) is 14.9. The van der Waals surface area contributed by atoms with Gasteiger partial charge in [0, 0.05) is 5.69 Å². The maximum absolute atomic E-state index is 11.9. The standard InChI is InChI=1S/C14H16N4O2/c1-4-11-14(20)17-13(19)7-18(11)12-5-8(2)16-9(3)10(12)6-15/h5,11H,4,7H2,1-3H3,(H,17,19,20). The van der Waals surface area contributed by atoms with Gasteiger partial charge in [0.15, 0.2) is 0 Å². The number of aryl methyl sites for hydroxylation is 2. The van der Waals surface area contributed by atoms with Gasteiger partial charge in [0.2, 0.25) is 11.8 Å². The number of hydrogen-bond donors (Lipinski definition) is 1. The first-order valence-electron chi connectivity index (χ1n) is 6.46. The van der Waals surface area contributed by atoms with E-state index in [1.165, 1.54) is 0 Å². The van der Waals surface area contributed by atoms with Gasteiger partial charge >= 0.3 is 0 Å². The van der Waals surface area contributed by atoms with Gasteiger partial charge in [0.25, 0.3) is 0 Å². The Morgan fingerprint density at radius 3 is 2.80 bits per heavy atom. The van der Waals surface area contributed by atoms with Gasteiger partial charge in [-0.25, -0.2) is 0 Å². The van der Waals surface area contributed by atoms with E-state index in [0.29, 0.717) is 23.4 Å². The average molecular weight is 272 g/mol. The number of imide groups is 1. The Kier molecular flexibility index (Phi) is 3.70. The second-order valence-corrected chi connectivity index (χ2v) is 4.82. The smallest absolute Gasteiger partial charge is 0.249 e. The van der Waals surface area contributed by atoms with Crippen molar-refractivity contribution in [2.45, 2.75) is 33.2 Å². The summed E-state index contributed by atoms with van der Waals surface area (Å²) in [7, 11) is 0. The van der Waals surface area contributed by atoms with Gasteiger partial charge in [-0.05, 0) is 26.3 Å². The first kappa shape index (κ1) is 14.0. The summed E-state index contributed by atoms with van der Waals surface area (Å²) in [5.74, 6) is -0.671. The highest BCUT2D eigenvalue weighted by Crippen LogP contribution is 2.27. The van der Waals surface area contributed by atoms with Crippen molar-refractivity contribution in [1.82, 2.24) is 10.3 Å². The van der Waals surface area contributed by atoms with E-state index in [9.17, 15) is 14.9 Å². The van der Waals surface area contributed by atoms with Gasteiger partial charge in [-0.1, -0.05) is 6.92 Å². The van der Waals surface area contributed by atoms with Crippen molar-refractivity contribution < 1.29 is 9.59 Å². The third kappa shape index (κ3) is 2.35. The lowest BCUT2D eigenvalue weighted by Crippen LogP contribution is -2.58. The molecule has 0 bridgehead atoms. The summed E-state index contributed by atoms with van der Waals surface area (Å²) >= 11 is 0. The van der Waals surface area contributed by atoms with Gasteiger partial charge < -0.3 is 4.90 Å². The Labute approximate surface area is 117 Å². The first-order valence-corrected chi connectivity index (χ1v) is 6.46. The predicted molar refractivity (Wildman–Crippen MR) is 73.0 cm³/mol. The van der Waals surface area contributed by atoms with Crippen LogP contribution in [-0.4, -0.2) is 29.4 Å². The molecule has 1 aromatic heterocycles. The molecule has 1 aliphatic heterocycles. The molecule has 6 nitrogen and oxygen atoms in total. The molecule has 6 heteroatoms. The Hall–Kier alpha value is -2.42. The van der Waals surface area contributed by atoms with Crippen LogP contribution in [0.4, 0.5) is 5.69 Å². The average Bonchev–Trinajstić information content (AvgIpc) is 2.37. The van der Waals surface area contributed by atoms with Crippen molar-refractivity contribution in [1.29, 1.82) is 5.26 Å². The second-order valence-electron chi connectivity index (χ2n) is 4.82. The van der Waals surface area contributed by atoms with Crippen LogP contribution in [0.5, 0.6) is 0 Å². The minimum absolute atomic E-state index is 0.0713. The number of anilines is 1. The highest BCUT2D eigenvalue weighted by molar-refractivity contribution is 6.04. The summed E-state index contributed by atoms with van der Waals surface area (Å²) in [4.78, 5) is 29.5. The maximum Gasteiger partial charge on any atom is 0.249 e. The third-order valence-corrected chi connectivity index (χ3v) is 3.37. The molecule has 1 fully saturated rings. The molecule has 2 rings (SSSR count). The molecule has 2 heterocycles. The molecule has 0 radical (unpaired) electrons. The van der Waals surface area contributed by atoms with Crippen molar-refractivity contribution >= 4 is 17.5 Å². The number of pyridine rings is 1. The highest BCUT2D eigenvalue weighted by Gasteiger charge is 2.34. The third-order valence-electron chi connectivity index (χ3n) is 3.37. The predicted octanol–water partition coefficient (Wildman–Crippen LogP) is 0.812. The van der Waals surface area contributed by atoms with E-state index in [0.717, 1.165) is 5.69 Å². The summed E-state index contributed by atoms with van der Waals surface area (Å²) in [5, 5.41) is 11.6. The highest BCUT2D eigenvalue weighted by atomic mass is 16.2. The monoisotopic (exact) mass is 272 g/mol. The molecule has 0 spiro atoms. The summed E-state index contributed by atoms with van der Waals surface area (Å²) < 4.78 is 0. The lowest BCUT2D eigenvalue weighted by atomic mass is 10.0. The lowest BCUT2D eigenvalue weighted by Gasteiger charge is -2.35. The minimum atomic E-state index is -0.444. The molecular formula is C14H16N4O2. The topological polar surface area (TPSA) is 86.1 Å². The molecule has 0 saturated carbocycles. The fourth-order valence-corrected chi connectivity index (χ4v) is 2.50. The number of nitriles is 1. The number of nitrogens with one attached hydrogen (secondary N) is 1. The number of carbonyl (C=O) groups is 2. The van der Waals surface area contributed by atoms with Crippen molar-refractivity contribution in [3.8, 4) is 6.07 Å². The van der Waals surface area contributed by atoms with Crippen LogP contribution < -0.4 is 10.2 Å². The van der Waals surface area contributed by atoms with Crippen molar-refractivity contribution in [2.24, 2.45) is 0 Å². The number of amides is 2. The number of carbonyl (C=O) groups excluding carboxylic acids is 2. The van der Waals surface area contributed by atoms with Crippen LogP contribution >= 0.6 is 0 Å². The summed E-state index contributed by atoms with van der Waals surface area (Å²) in [5.41, 5.74) is 2.38. The molecule has 0 aromatic carbocycles. The zero-order valence-corrected chi connectivity index (χ0v) is 11.7. The van der Waals surface area contributed by atoms with Crippen LogP contribution in [0.3, 0.4) is 0 Å². The Morgan fingerprint density at radius 2 is 2.20 bits per heavy atom. The van der Waals surface area contributed by atoms with Crippen LogP contribution in [0, 0.1) is 25.2 Å². The van der Waals surface area contributed by atoms with Gasteiger partial charge in [-0.3, -0.25) is 19.9 Å². The SMILES string of the molecule is CCC1C(=O)NC(=O)CN1c1cc(C)nc(C)c1C#N. The largest absolute Gasteiger partial charge is 0.349 e. The number of aromatic nitrogens is 1. The molecule has 1 aromatic rings. The van der Waals surface area contributed by atoms with Crippen molar-refractivity contribution in [2.75, 3.05) is 11.4 Å². The van der Waals surface area contributed by atoms with E-state index >= 15 is 0 Å². The van der Waals surface area contributed by atoms with Crippen LogP contribution in [0.2, 0.25) is 0 Å². The summed E-state index contributed by atoms with van der Waals surface area (Å²) in [6.45, 7) is 5.52. The molecule has 1 aliphatic rings. The van der Waals surface area contributed by atoms with Gasteiger partial charge in [0.05, 0.1) is 23.5 Å². The van der Waals surface area contributed by atoms with E-state index in [-0.39, 0.29) is 18.4 Å². The van der Waals surface area contributed by atoms with E-state index < -0.39 is 6.04 Å². The van der Waals surface area contributed by atoms with E-state index in [1.54, 1.807) is 17.9 Å². The fraction of sp³-hybridized carbons (Fsp3) is 0.429. The second kappa shape index (κ2) is 5.29. The number of nitrogens with zero attached hydrogens (tertiary/aromatic N) is 3. The molecule has 1 atom stereocenters. The summed E-state index contributed by atoms with van der Waals surface area (Å²) in [6.07, 6.45) is 0.560. The van der Waals surface area contributed by atoms with Gasteiger partial charge in [0.1, 0.15) is 12.1 Å². The number of hydrogen-bond acceptors (Lipinski definition) is 5. The van der Waals surface area contributed by atoms with Gasteiger partial charge in [-0.15, -0.1) is 0 Å². The molecule has 1 unspecified atom stereocenters. The summed E-state index contributed by atoms with van der Waals surface area (Å²) in [6, 6.07) is 3.42. The van der Waals surface area contributed by atoms with Crippen molar-refractivity contribution in [3.63, 3.8) is 0 Å². The van der Waals surface area contributed by atoms with Crippen LogP contribution in [0.15, 0.2) is 6.07 Å². The Morgan fingerprint density at radius 1 is 1.50 bits per heavy atom. The fourth-order valence-electron chi connectivity index (χ4n) is 2.50. The molecule has 2 amide bonds. The number of piperazine rings is 1. The normalized spacial score (nSPS) is 18.7. The molecule has 1 N–H and O–H groups in total.